The van der Waals surface area contributed by atoms with Crippen LogP contribution in [0.3, 0.4) is 0 Å². The number of ketones is 1. The zero-order valence-electron chi connectivity index (χ0n) is 18.0. The molecular weight excluding hydrogens is 435 g/mol. The first kappa shape index (κ1) is 24.6. The van der Waals surface area contributed by atoms with Crippen molar-refractivity contribution in [2.75, 3.05) is 32.7 Å². The van der Waals surface area contributed by atoms with E-state index in [2.05, 4.69) is 5.32 Å². The quantitative estimate of drug-likeness (QED) is 0.566. The van der Waals surface area contributed by atoms with Crippen LogP contribution in [0.4, 0.5) is 22.0 Å². The average Bonchev–Trinajstić information content (AvgIpc) is 2.69. The summed E-state index contributed by atoms with van der Waals surface area (Å²) in [7, 11) is 0. The Morgan fingerprint density at radius 1 is 1.38 bits per heavy atom. The van der Waals surface area contributed by atoms with Crippen molar-refractivity contribution in [2.24, 2.45) is 5.73 Å². The Labute approximate surface area is 183 Å². The maximum atomic E-state index is 13.6. The van der Waals surface area contributed by atoms with E-state index in [1.165, 1.54) is 0 Å². The highest BCUT2D eigenvalue weighted by molar-refractivity contribution is 5.85. The molecule has 0 aromatic heterocycles. The molecule has 6 nitrogen and oxygen atoms in total. The second kappa shape index (κ2) is 9.46. The smallest absolute Gasteiger partial charge is 0.373 e. The Morgan fingerprint density at radius 3 is 2.75 bits per heavy atom. The summed E-state index contributed by atoms with van der Waals surface area (Å²) in [5, 5.41) is 2.87. The van der Waals surface area contributed by atoms with Crippen LogP contribution in [-0.2, 0) is 9.59 Å². The van der Waals surface area contributed by atoms with Crippen molar-refractivity contribution in [2.45, 2.75) is 63.2 Å². The van der Waals surface area contributed by atoms with Crippen LogP contribution >= 0.6 is 0 Å². The first-order valence-corrected chi connectivity index (χ1v) is 10.8. The number of alkyl halides is 5. The molecule has 0 aliphatic carbocycles. The van der Waals surface area contributed by atoms with E-state index in [9.17, 15) is 31.5 Å². The molecule has 3 rings (SSSR count). The van der Waals surface area contributed by atoms with Crippen molar-refractivity contribution in [3.8, 4) is 0 Å². The first-order chi connectivity index (χ1) is 14.9. The summed E-state index contributed by atoms with van der Waals surface area (Å²) in [6, 6.07) is -1.53. The first-order valence-electron chi connectivity index (χ1n) is 10.8. The van der Waals surface area contributed by atoms with E-state index in [-0.39, 0.29) is 43.7 Å². The molecule has 3 aliphatic rings. The molecule has 2 atom stereocenters. The molecule has 11 heteroatoms. The number of nitrogens with zero attached hydrogens (tertiary/aromatic N) is 2. The molecule has 3 N–H and O–H groups in total. The van der Waals surface area contributed by atoms with Crippen molar-refractivity contribution in [3.05, 3.63) is 22.9 Å². The standard InChI is InChI=1S/C21H29F5N4O2/c1-2-5-29-9-13-6-17(28-8-15(13)16(11-29)21(24,25)26)18(31)7-14(27)10-30-12-20(22,23)4-3-19(30)32/h11,14,17,28H,2-10,12,27H2,1H3/t14-,17?/m0/s1. The van der Waals surface area contributed by atoms with Gasteiger partial charge in [-0.15, -0.1) is 0 Å². The van der Waals surface area contributed by atoms with Gasteiger partial charge in [0.05, 0.1) is 18.2 Å². The predicted octanol–water partition coefficient (Wildman–Crippen LogP) is 2.36. The van der Waals surface area contributed by atoms with Crippen LogP contribution in [0.25, 0.3) is 0 Å². The van der Waals surface area contributed by atoms with E-state index in [0.29, 0.717) is 25.1 Å². The highest BCUT2D eigenvalue weighted by atomic mass is 19.4. The number of halogens is 5. The molecule has 0 spiro atoms. The maximum absolute atomic E-state index is 13.6. The van der Waals surface area contributed by atoms with E-state index in [1.54, 1.807) is 4.90 Å². The van der Waals surface area contributed by atoms with E-state index >= 15 is 0 Å². The van der Waals surface area contributed by atoms with Gasteiger partial charge in [-0.3, -0.25) is 9.59 Å². The van der Waals surface area contributed by atoms with E-state index < -0.39 is 48.6 Å². The molecular formula is C21H29F5N4O2. The van der Waals surface area contributed by atoms with Crippen molar-refractivity contribution in [3.63, 3.8) is 0 Å². The van der Waals surface area contributed by atoms with Gasteiger partial charge in [0.25, 0.3) is 5.92 Å². The Morgan fingerprint density at radius 2 is 2.09 bits per heavy atom. The Bertz CT molecular complexity index is 809. The topological polar surface area (TPSA) is 78.7 Å². The van der Waals surface area contributed by atoms with Crippen molar-refractivity contribution >= 4 is 11.7 Å². The zero-order valence-corrected chi connectivity index (χ0v) is 18.0. The number of carbonyl (C=O) groups is 2. The summed E-state index contributed by atoms with van der Waals surface area (Å²) in [5.74, 6) is -3.69. The fourth-order valence-electron chi connectivity index (χ4n) is 4.50. The predicted molar refractivity (Wildman–Crippen MR) is 108 cm³/mol. The zero-order chi connectivity index (χ0) is 23.7. The third kappa shape index (κ3) is 5.86. The lowest BCUT2D eigenvalue weighted by atomic mass is 9.86. The average molecular weight is 464 g/mol. The molecule has 32 heavy (non-hydrogen) atoms. The van der Waals surface area contributed by atoms with Gasteiger partial charge in [0.1, 0.15) is 0 Å². The van der Waals surface area contributed by atoms with Crippen molar-refractivity contribution < 1.29 is 31.5 Å². The SMILES string of the molecule is CCCN1C=C(C(F)(F)F)C2=C(CC(C(=O)C[C@H](N)CN3CC(F)(F)CCC3=O)NC2)C1. The number of hydrogen-bond donors (Lipinski definition) is 2. The maximum Gasteiger partial charge on any atom is 0.418 e. The number of piperidine rings is 1. The van der Waals surface area contributed by atoms with E-state index in [4.69, 9.17) is 5.73 Å². The molecule has 1 unspecified atom stereocenters. The van der Waals surface area contributed by atoms with Gasteiger partial charge in [0, 0.05) is 57.7 Å². The molecule has 0 aromatic rings. The number of likely N-dealkylation sites (tertiary alicyclic amines) is 1. The van der Waals surface area contributed by atoms with Gasteiger partial charge in [-0.05, 0) is 24.0 Å². The molecule has 0 radical (unpaired) electrons. The third-order valence-corrected chi connectivity index (χ3v) is 6.04. The molecule has 0 saturated carbocycles. The molecule has 1 fully saturated rings. The number of hydrogen-bond acceptors (Lipinski definition) is 5. The van der Waals surface area contributed by atoms with Gasteiger partial charge in [-0.2, -0.15) is 13.2 Å². The van der Waals surface area contributed by atoms with Crippen LogP contribution in [0.5, 0.6) is 0 Å². The summed E-state index contributed by atoms with van der Waals surface area (Å²) in [6.07, 6.45) is -3.44. The minimum absolute atomic E-state index is 0.0802. The molecule has 3 heterocycles. The Kier molecular flexibility index (Phi) is 7.28. The number of nitrogens with one attached hydrogen (secondary N) is 1. The fourth-order valence-corrected chi connectivity index (χ4v) is 4.50. The lowest BCUT2D eigenvalue weighted by Crippen LogP contribution is -2.52. The van der Waals surface area contributed by atoms with Crippen LogP contribution in [0.15, 0.2) is 22.9 Å². The number of amides is 1. The van der Waals surface area contributed by atoms with E-state index in [1.807, 2.05) is 6.92 Å². The molecule has 3 aliphatic heterocycles. The minimum atomic E-state index is -4.49. The second-order valence-electron chi connectivity index (χ2n) is 8.79. The molecule has 1 amide bonds. The normalized spacial score (nSPS) is 24.9. The van der Waals surface area contributed by atoms with E-state index in [0.717, 1.165) is 11.1 Å². The number of carbonyl (C=O) groups excluding carboxylic acids is 2. The van der Waals surface area contributed by atoms with Crippen LogP contribution in [0, 0.1) is 0 Å². The van der Waals surface area contributed by atoms with Crippen LogP contribution in [0.2, 0.25) is 0 Å². The van der Waals surface area contributed by atoms with Gasteiger partial charge in [-0.25, -0.2) is 8.78 Å². The van der Waals surface area contributed by atoms with Gasteiger partial charge in [0.2, 0.25) is 5.91 Å². The monoisotopic (exact) mass is 464 g/mol. The van der Waals surface area contributed by atoms with Crippen LogP contribution < -0.4 is 11.1 Å². The highest BCUT2D eigenvalue weighted by Gasteiger charge is 2.42. The Balaban J connectivity index is 1.63. The summed E-state index contributed by atoms with van der Waals surface area (Å²) in [4.78, 5) is 27.2. The minimum Gasteiger partial charge on any atom is -0.373 e. The number of Topliss-reactive ketones (excluding diaryl/α,β-unsaturated/α-hetero) is 1. The van der Waals surface area contributed by atoms with Crippen LogP contribution in [-0.4, -0.2) is 78.4 Å². The fraction of sp³-hybridized carbons (Fsp3) is 0.714. The van der Waals surface area contributed by atoms with Crippen LogP contribution in [0.1, 0.15) is 39.0 Å². The second-order valence-corrected chi connectivity index (χ2v) is 8.79. The lowest BCUT2D eigenvalue weighted by molar-refractivity contribution is -0.147. The lowest BCUT2D eigenvalue weighted by Gasteiger charge is -2.37. The van der Waals surface area contributed by atoms with Crippen molar-refractivity contribution in [1.29, 1.82) is 0 Å². The van der Waals surface area contributed by atoms with Gasteiger partial charge in [-0.1, -0.05) is 6.92 Å². The van der Waals surface area contributed by atoms with Crippen molar-refractivity contribution in [1.82, 2.24) is 15.1 Å². The summed E-state index contributed by atoms with van der Waals surface area (Å²) >= 11 is 0. The third-order valence-electron chi connectivity index (χ3n) is 6.04. The summed E-state index contributed by atoms with van der Waals surface area (Å²) in [6.45, 7) is 1.73. The largest absolute Gasteiger partial charge is 0.418 e. The Hall–Kier alpha value is -2.01. The molecule has 0 bridgehead atoms. The number of nitrogens with two attached hydrogens (primary N) is 1. The van der Waals surface area contributed by atoms with Gasteiger partial charge in [0.15, 0.2) is 5.78 Å². The highest BCUT2D eigenvalue weighted by Crippen LogP contribution is 2.38. The summed E-state index contributed by atoms with van der Waals surface area (Å²) in [5.41, 5.74) is 6.04. The summed E-state index contributed by atoms with van der Waals surface area (Å²) < 4.78 is 67.8. The molecule has 0 aromatic carbocycles. The van der Waals surface area contributed by atoms with Gasteiger partial charge < -0.3 is 20.9 Å². The number of rotatable bonds is 7. The molecule has 180 valence electrons. The molecule has 1 saturated heterocycles. The van der Waals surface area contributed by atoms with Gasteiger partial charge >= 0.3 is 6.18 Å².